The average Bonchev–Trinajstić information content (AvgIpc) is 3.44. The van der Waals surface area contributed by atoms with Crippen molar-refractivity contribution in [2.75, 3.05) is 13.6 Å². The topological polar surface area (TPSA) is 87.2 Å². The number of amides is 2. The molecule has 224 valence electrons. The number of carbonyl (C=O) groups is 2. The molecule has 1 aromatic heterocycles. The van der Waals surface area contributed by atoms with Crippen molar-refractivity contribution in [3.05, 3.63) is 47.4 Å². The SMILES string of the molecule is CNC(C)C(=O)NC(C(=O)N1CCCC1c1cc(-c2cc(C(F)(F)F)cc(C(F)(F)F)c2)ncn1)C1CCCCC1. The lowest BCUT2D eigenvalue weighted by Gasteiger charge is -2.35. The quantitative estimate of drug-likeness (QED) is 0.418. The maximum absolute atomic E-state index is 13.9. The predicted molar refractivity (Wildman–Crippen MR) is 138 cm³/mol. The Kier molecular flexibility index (Phi) is 9.25. The molecule has 4 rings (SSSR count). The number of likely N-dealkylation sites (N-methyl/N-ethyl adjacent to an activating group) is 1. The Labute approximate surface area is 234 Å². The zero-order valence-electron chi connectivity index (χ0n) is 22.8. The summed E-state index contributed by atoms with van der Waals surface area (Å²) in [5.41, 5.74) is -3.06. The molecule has 1 aliphatic heterocycles. The molecule has 1 saturated carbocycles. The summed E-state index contributed by atoms with van der Waals surface area (Å²) < 4.78 is 80.6. The van der Waals surface area contributed by atoms with Crippen LogP contribution in [0.4, 0.5) is 26.3 Å². The Morgan fingerprint density at radius 1 is 0.902 bits per heavy atom. The molecule has 0 spiro atoms. The van der Waals surface area contributed by atoms with Crippen LogP contribution in [0.1, 0.15) is 74.7 Å². The van der Waals surface area contributed by atoms with E-state index >= 15 is 0 Å². The van der Waals surface area contributed by atoms with Crippen LogP contribution in [0.25, 0.3) is 11.3 Å². The van der Waals surface area contributed by atoms with Crippen LogP contribution in [0.3, 0.4) is 0 Å². The maximum atomic E-state index is 13.9. The van der Waals surface area contributed by atoms with E-state index in [1.807, 2.05) is 0 Å². The number of hydrogen-bond acceptors (Lipinski definition) is 5. The van der Waals surface area contributed by atoms with Gasteiger partial charge in [0.1, 0.15) is 12.4 Å². The maximum Gasteiger partial charge on any atom is 0.416 e. The van der Waals surface area contributed by atoms with Gasteiger partial charge in [0.05, 0.1) is 34.6 Å². The van der Waals surface area contributed by atoms with Gasteiger partial charge in [0, 0.05) is 12.1 Å². The number of benzene rings is 1. The molecule has 2 amide bonds. The van der Waals surface area contributed by atoms with Crippen molar-refractivity contribution in [2.45, 2.75) is 82.3 Å². The highest BCUT2D eigenvalue weighted by Crippen LogP contribution is 2.39. The summed E-state index contributed by atoms with van der Waals surface area (Å²) >= 11 is 0. The summed E-state index contributed by atoms with van der Waals surface area (Å²) in [4.78, 5) is 36.5. The molecule has 2 aromatic rings. The van der Waals surface area contributed by atoms with E-state index in [0.717, 1.165) is 38.4 Å². The fourth-order valence-corrected chi connectivity index (χ4v) is 5.59. The van der Waals surface area contributed by atoms with Gasteiger partial charge in [-0.05, 0) is 69.8 Å². The number of alkyl halides is 6. The van der Waals surface area contributed by atoms with E-state index in [9.17, 15) is 35.9 Å². The van der Waals surface area contributed by atoms with E-state index in [-0.39, 0.29) is 35.1 Å². The second-order valence-electron chi connectivity index (χ2n) is 10.7. The minimum absolute atomic E-state index is 0.0441. The highest BCUT2D eigenvalue weighted by Gasteiger charge is 2.40. The van der Waals surface area contributed by atoms with Gasteiger partial charge in [0.25, 0.3) is 0 Å². The number of nitrogens with one attached hydrogen (secondary N) is 2. The molecule has 1 aliphatic carbocycles. The van der Waals surface area contributed by atoms with E-state index in [1.54, 1.807) is 18.9 Å². The van der Waals surface area contributed by atoms with Crippen molar-refractivity contribution in [3.63, 3.8) is 0 Å². The van der Waals surface area contributed by atoms with Gasteiger partial charge in [-0.2, -0.15) is 26.3 Å². The smallest absolute Gasteiger partial charge is 0.343 e. The van der Waals surface area contributed by atoms with Crippen LogP contribution >= 0.6 is 0 Å². The predicted octanol–water partition coefficient (Wildman–Crippen LogP) is 5.52. The number of nitrogens with zero attached hydrogens (tertiary/aromatic N) is 3. The fraction of sp³-hybridized carbons (Fsp3) is 0.571. The Morgan fingerprint density at radius 3 is 2.12 bits per heavy atom. The van der Waals surface area contributed by atoms with Gasteiger partial charge in [0.15, 0.2) is 0 Å². The number of carbonyl (C=O) groups excluding carboxylic acids is 2. The van der Waals surface area contributed by atoms with Crippen molar-refractivity contribution < 1.29 is 35.9 Å². The van der Waals surface area contributed by atoms with Crippen molar-refractivity contribution in [1.29, 1.82) is 0 Å². The fourth-order valence-electron chi connectivity index (χ4n) is 5.59. The first-order chi connectivity index (χ1) is 19.3. The third-order valence-corrected chi connectivity index (χ3v) is 7.96. The van der Waals surface area contributed by atoms with Crippen LogP contribution < -0.4 is 10.6 Å². The lowest BCUT2D eigenvalue weighted by molar-refractivity contribution is -0.143. The molecule has 13 heteroatoms. The van der Waals surface area contributed by atoms with E-state index in [2.05, 4.69) is 20.6 Å². The minimum Gasteiger partial charge on any atom is -0.343 e. The standard InChI is InChI=1S/C28H33F6N5O2/c1-16(35-2)25(40)38-24(17-7-4-3-5-8-17)26(41)39-10-6-9-23(39)22-14-21(36-15-37-22)18-11-19(27(29,30)31)13-20(12-18)28(32,33)34/h11-17,23-24,35H,3-10H2,1-2H3,(H,38,40). The van der Waals surface area contributed by atoms with Crippen LogP contribution in [0, 0.1) is 5.92 Å². The van der Waals surface area contributed by atoms with Crippen molar-refractivity contribution >= 4 is 11.8 Å². The molecule has 3 atom stereocenters. The molecule has 7 nitrogen and oxygen atoms in total. The summed E-state index contributed by atoms with van der Waals surface area (Å²) in [5.74, 6) is -0.617. The molecule has 41 heavy (non-hydrogen) atoms. The van der Waals surface area contributed by atoms with Crippen molar-refractivity contribution in [2.24, 2.45) is 5.92 Å². The molecule has 3 unspecified atom stereocenters. The summed E-state index contributed by atoms with van der Waals surface area (Å²) in [6, 6.07) is 0.815. The Morgan fingerprint density at radius 2 is 1.54 bits per heavy atom. The number of likely N-dealkylation sites (tertiary alicyclic amines) is 1. The Bertz CT molecular complexity index is 1210. The average molecular weight is 586 g/mol. The van der Waals surface area contributed by atoms with Crippen LogP contribution in [-0.4, -0.2) is 52.4 Å². The second-order valence-corrected chi connectivity index (χ2v) is 10.7. The minimum atomic E-state index is -5.00. The summed E-state index contributed by atoms with van der Waals surface area (Å²) in [5, 5.41) is 5.80. The van der Waals surface area contributed by atoms with E-state index in [4.69, 9.17) is 0 Å². The van der Waals surface area contributed by atoms with E-state index in [0.29, 0.717) is 37.2 Å². The third kappa shape index (κ3) is 7.17. The molecule has 1 saturated heterocycles. The summed E-state index contributed by atoms with van der Waals surface area (Å²) in [6.07, 6.45) is -3.27. The largest absolute Gasteiger partial charge is 0.416 e. The van der Waals surface area contributed by atoms with E-state index in [1.165, 1.54) is 6.07 Å². The second kappa shape index (κ2) is 12.3. The van der Waals surface area contributed by atoms with E-state index < -0.39 is 41.6 Å². The number of aromatic nitrogens is 2. The molecule has 0 bridgehead atoms. The molecular weight excluding hydrogens is 552 g/mol. The first-order valence-corrected chi connectivity index (χ1v) is 13.7. The zero-order valence-corrected chi connectivity index (χ0v) is 22.8. The molecule has 2 fully saturated rings. The Hall–Kier alpha value is -3.22. The molecule has 2 heterocycles. The monoisotopic (exact) mass is 585 g/mol. The molecule has 0 radical (unpaired) electrons. The normalized spacial score (nSPS) is 20.1. The highest BCUT2D eigenvalue weighted by atomic mass is 19.4. The molecular formula is C28H33F6N5O2. The van der Waals surface area contributed by atoms with Gasteiger partial charge in [-0.25, -0.2) is 9.97 Å². The molecule has 2 aliphatic rings. The third-order valence-electron chi connectivity index (χ3n) is 7.96. The molecule has 1 aromatic carbocycles. The Balaban J connectivity index is 1.66. The van der Waals surface area contributed by atoms with Gasteiger partial charge in [0.2, 0.25) is 11.8 Å². The van der Waals surface area contributed by atoms with Gasteiger partial charge >= 0.3 is 12.4 Å². The van der Waals surface area contributed by atoms with Gasteiger partial charge in [-0.1, -0.05) is 19.3 Å². The van der Waals surface area contributed by atoms with Crippen LogP contribution in [0.2, 0.25) is 0 Å². The lowest BCUT2D eigenvalue weighted by atomic mass is 9.83. The van der Waals surface area contributed by atoms with Crippen LogP contribution in [0.5, 0.6) is 0 Å². The van der Waals surface area contributed by atoms with Gasteiger partial charge in [-0.3, -0.25) is 9.59 Å². The van der Waals surface area contributed by atoms with Crippen molar-refractivity contribution in [1.82, 2.24) is 25.5 Å². The zero-order chi connectivity index (χ0) is 29.9. The van der Waals surface area contributed by atoms with Crippen LogP contribution in [-0.2, 0) is 21.9 Å². The summed E-state index contributed by atoms with van der Waals surface area (Å²) in [7, 11) is 1.65. The first-order valence-electron chi connectivity index (χ1n) is 13.7. The lowest BCUT2D eigenvalue weighted by Crippen LogP contribution is -2.55. The first kappa shape index (κ1) is 30.7. The van der Waals surface area contributed by atoms with Gasteiger partial charge < -0.3 is 15.5 Å². The van der Waals surface area contributed by atoms with Crippen LogP contribution in [0.15, 0.2) is 30.6 Å². The van der Waals surface area contributed by atoms with Gasteiger partial charge in [-0.15, -0.1) is 0 Å². The highest BCUT2D eigenvalue weighted by molar-refractivity contribution is 5.90. The van der Waals surface area contributed by atoms with Crippen molar-refractivity contribution in [3.8, 4) is 11.3 Å². The number of hydrogen-bond donors (Lipinski definition) is 2. The molecule has 2 N–H and O–H groups in total. The number of rotatable bonds is 7. The summed E-state index contributed by atoms with van der Waals surface area (Å²) in [6.45, 7) is 2.07. The number of halogens is 6.